The molecule has 32 heavy (non-hydrogen) atoms. The summed E-state index contributed by atoms with van der Waals surface area (Å²) in [6.45, 7) is 15.1. The Hall–Kier alpha value is -2.55. The molecule has 1 aromatic carbocycles. The van der Waals surface area contributed by atoms with E-state index < -0.39 is 0 Å². The summed E-state index contributed by atoms with van der Waals surface area (Å²) in [5, 5.41) is 4.53. The Morgan fingerprint density at radius 1 is 1.03 bits per heavy atom. The third-order valence-electron chi connectivity index (χ3n) is 6.19. The molecule has 0 amide bonds. The van der Waals surface area contributed by atoms with Gasteiger partial charge in [-0.2, -0.15) is 5.10 Å². The fraction of sp³-hybridized carbons (Fsp3) is 0.483. The van der Waals surface area contributed by atoms with Crippen LogP contribution in [0.25, 0.3) is 5.57 Å². The molecule has 3 rings (SSSR count). The normalized spacial score (nSPS) is 13.8. The Morgan fingerprint density at radius 2 is 1.66 bits per heavy atom. The molecule has 0 N–H and O–H groups in total. The Bertz CT molecular complexity index is 847. The van der Waals surface area contributed by atoms with Crippen molar-refractivity contribution in [3.8, 4) is 0 Å². The molecular formula is C29H43N3. The molecule has 0 atom stereocenters. The van der Waals surface area contributed by atoms with Gasteiger partial charge in [0.15, 0.2) is 0 Å². The maximum absolute atomic E-state index is 4.53. The first-order valence-corrected chi connectivity index (χ1v) is 12.4. The van der Waals surface area contributed by atoms with Crippen LogP contribution in [0.15, 0.2) is 67.5 Å². The number of hydrogen-bond donors (Lipinski definition) is 0. The minimum absolute atomic E-state index is 0.508. The van der Waals surface area contributed by atoms with Crippen molar-refractivity contribution in [3.63, 3.8) is 0 Å². The van der Waals surface area contributed by atoms with E-state index in [-0.39, 0.29) is 0 Å². The lowest BCUT2D eigenvalue weighted by Gasteiger charge is -2.17. The Balaban J connectivity index is 0.000000451. The quantitative estimate of drug-likeness (QED) is 0.276. The van der Waals surface area contributed by atoms with Crippen LogP contribution in [0.5, 0.6) is 0 Å². The molecule has 0 spiro atoms. The van der Waals surface area contributed by atoms with Crippen molar-refractivity contribution in [2.75, 3.05) is 11.9 Å². The number of aromatic nitrogens is 2. The van der Waals surface area contributed by atoms with Crippen LogP contribution in [-0.2, 0) is 0 Å². The zero-order valence-electron chi connectivity index (χ0n) is 20.8. The third kappa shape index (κ3) is 7.85. The van der Waals surface area contributed by atoms with Crippen LogP contribution in [0.1, 0.15) is 88.9 Å². The van der Waals surface area contributed by atoms with Gasteiger partial charge in [0.05, 0.1) is 11.7 Å². The predicted octanol–water partition coefficient (Wildman–Crippen LogP) is 8.50. The fourth-order valence-corrected chi connectivity index (χ4v) is 4.00. The highest BCUT2D eigenvalue weighted by molar-refractivity contribution is 5.77. The van der Waals surface area contributed by atoms with Crippen LogP contribution in [-0.4, -0.2) is 16.8 Å². The van der Waals surface area contributed by atoms with E-state index in [9.17, 15) is 0 Å². The zero-order valence-corrected chi connectivity index (χ0v) is 20.8. The average Bonchev–Trinajstić information content (AvgIpc) is 3.50. The number of allylic oxidation sites excluding steroid dienone is 3. The molecule has 1 aromatic heterocycles. The Labute approximate surface area is 196 Å². The molecule has 3 heteroatoms. The van der Waals surface area contributed by atoms with Crippen LogP contribution in [0.4, 0.5) is 5.69 Å². The van der Waals surface area contributed by atoms with E-state index in [0.717, 1.165) is 22.5 Å². The number of anilines is 1. The van der Waals surface area contributed by atoms with Crippen LogP contribution < -0.4 is 4.90 Å². The molecule has 0 saturated heterocycles. The lowest BCUT2D eigenvalue weighted by Crippen LogP contribution is -2.10. The molecule has 2 aromatic rings. The minimum atomic E-state index is 0.508. The van der Waals surface area contributed by atoms with Gasteiger partial charge in [0.1, 0.15) is 0 Å². The molecule has 3 nitrogen and oxygen atoms in total. The number of benzene rings is 1. The van der Waals surface area contributed by atoms with E-state index >= 15 is 0 Å². The topological polar surface area (TPSA) is 21.1 Å². The van der Waals surface area contributed by atoms with Gasteiger partial charge in [0, 0.05) is 25.1 Å². The summed E-state index contributed by atoms with van der Waals surface area (Å²) in [5.74, 6) is 0. The van der Waals surface area contributed by atoms with Crippen LogP contribution in [0.2, 0.25) is 0 Å². The van der Waals surface area contributed by atoms with Crippen molar-refractivity contribution in [1.29, 1.82) is 0 Å². The van der Waals surface area contributed by atoms with Crippen molar-refractivity contribution >= 4 is 11.3 Å². The molecule has 1 saturated carbocycles. The third-order valence-corrected chi connectivity index (χ3v) is 6.19. The Morgan fingerprint density at radius 3 is 2.25 bits per heavy atom. The highest BCUT2D eigenvalue weighted by Crippen LogP contribution is 2.32. The SMILES string of the molecule is C=C(/C=C\N(C)c1ccc(C)cc1)C(=C)c1ccnn1C1CCCC1.CCCCCCC. The summed E-state index contributed by atoms with van der Waals surface area (Å²) in [6.07, 6.45) is 17.9. The monoisotopic (exact) mass is 433 g/mol. The van der Waals surface area contributed by atoms with Gasteiger partial charge >= 0.3 is 0 Å². The molecule has 0 radical (unpaired) electrons. The van der Waals surface area contributed by atoms with Crippen molar-refractivity contribution < 1.29 is 0 Å². The predicted molar refractivity (Wildman–Crippen MR) is 141 cm³/mol. The van der Waals surface area contributed by atoms with Gasteiger partial charge in [-0.3, -0.25) is 4.68 Å². The zero-order chi connectivity index (χ0) is 23.3. The molecule has 0 unspecified atom stereocenters. The lowest BCUT2D eigenvalue weighted by atomic mass is 10.1. The Kier molecular flexibility index (Phi) is 11.1. The molecule has 1 aliphatic rings. The first kappa shape index (κ1) is 25.7. The van der Waals surface area contributed by atoms with E-state index in [1.165, 1.54) is 63.4 Å². The largest absolute Gasteiger partial charge is 0.351 e. The highest BCUT2D eigenvalue weighted by Gasteiger charge is 2.20. The van der Waals surface area contributed by atoms with Crippen LogP contribution >= 0.6 is 0 Å². The van der Waals surface area contributed by atoms with Gasteiger partial charge in [-0.05, 0) is 55.2 Å². The van der Waals surface area contributed by atoms with Gasteiger partial charge in [-0.15, -0.1) is 0 Å². The molecule has 1 aliphatic carbocycles. The fourth-order valence-electron chi connectivity index (χ4n) is 4.00. The minimum Gasteiger partial charge on any atom is -0.351 e. The van der Waals surface area contributed by atoms with E-state index in [1.807, 2.05) is 31.6 Å². The van der Waals surface area contributed by atoms with Gasteiger partial charge < -0.3 is 4.90 Å². The second kappa shape index (κ2) is 13.8. The number of rotatable bonds is 10. The van der Waals surface area contributed by atoms with Gasteiger partial charge in [-0.1, -0.05) is 89.6 Å². The van der Waals surface area contributed by atoms with Crippen molar-refractivity contribution in [2.24, 2.45) is 0 Å². The van der Waals surface area contributed by atoms with E-state index in [0.29, 0.717) is 6.04 Å². The van der Waals surface area contributed by atoms with E-state index in [4.69, 9.17) is 0 Å². The van der Waals surface area contributed by atoms with Crippen LogP contribution in [0, 0.1) is 6.92 Å². The van der Waals surface area contributed by atoms with E-state index in [1.54, 1.807) is 0 Å². The smallest absolute Gasteiger partial charge is 0.0685 e. The second-order valence-electron chi connectivity index (χ2n) is 8.93. The molecule has 174 valence electrons. The second-order valence-corrected chi connectivity index (χ2v) is 8.93. The number of unbranched alkanes of at least 4 members (excludes halogenated alkanes) is 4. The molecule has 1 fully saturated rings. The number of aryl methyl sites for hydroxylation is 1. The molecule has 0 bridgehead atoms. The van der Waals surface area contributed by atoms with E-state index in [2.05, 4.69) is 72.9 Å². The maximum Gasteiger partial charge on any atom is 0.0685 e. The summed E-state index contributed by atoms with van der Waals surface area (Å²) in [7, 11) is 2.04. The molecular weight excluding hydrogens is 390 g/mol. The summed E-state index contributed by atoms with van der Waals surface area (Å²) < 4.78 is 2.14. The molecule has 1 heterocycles. The lowest BCUT2D eigenvalue weighted by molar-refractivity contribution is 0.463. The van der Waals surface area contributed by atoms with Crippen molar-refractivity contribution in [1.82, 2.24) is 9.78 Å². The first-order chi connectivity index (χ1) is 15.5. The average molecular weight is 434 g/mol. The summed E-state index contributed by atoms with van der Waals surface area (Å²) in [5.41, 5.74) is 5.35. The van der Waals surface area contributed by atoms with Crippen molar-refractivity contribution in [2.45, 2.75) is 84.6 Å². The van der Waals surface area contributed by atoms with Gasteiger partial charge in [-0.25, -0.2) is 0 Å². The summed E-state index contributed by atoms with van der Waals surface area (Å²) >= 11 is 0. The maximum atomic E-state index is 4.53. The highest BCUT2D eigenvalue weighted by atomic mass is 15.3. The first-order valence-electron chi connectivity index (χ1n) is 12.4. The number of hydrogen-bond acceptors (Lipinski definition) is 2. The summed E-state index contributed by atoms with van der Waals surface area (Å²) in [4.78, 5) is 2.09. The van der Waals surface area contributed by atoms with Gasteiger partial charge in [0.2, 0.25) is 0 Å². The van der Waals surface area contributed by atoms with Gasteiger partial charge in [0.25, 0.3) is 0 Å². The molecule has 0 aliphatic heterocycles. The summed E-state index contributed by atoms with van der Waals surface area (Å²) in [6, 6.07) is 11.0. The number of nitrogens with zero attached hydrogens (tertiary/aromatic N) is 3. The standard InChI is InChI=1S/C22H27N3.C7H16/c1-17-9-11-20(12-10-17)24(4)16-14-18(2)19(3)22-13-15-23-25(22)21-7-5-6-8-21;1-3-5-7-6-4-2/h9-16,21H,2-3,5-8H2,1,4H3;3-7H2,1-2H3/b16-14-;. The van der Waals surface area contributed by atoms with Crippen molar-refractivity contribution in [3.05, 3.63) is 78.8 Å². The van der Waals surface area contributed by atoms with Crippen LogP contribution in [0.3, 0.4) is 0 Å².